The van der Waals surface area contributed by atoms with Crippen molar-refractivity contribution in [1.82, 2.24) is 4.98 Å². The molecule has 0 bridgehead atoms. The van der Waals surface area contributed by atoms with Crippen molar-refractivity contribution >= 4 is 45.7 Å². The summed E-state index contributed by atoms with van der Waals surface area (Å²) in [6.45, 7) is 2.59. The van der Waals surface area contributed by atoms with Crippen LogP contribution in [0, 0.1) is 0 Å². The van der Waals surface area contributed by atoms with E-state index in [0.29, 0.717) is 16.6 Å². The lowest BCUT2D eigenvalue weighted by atomic mass is 10.1. The number of aliphatic imine (C=N–C) groups is 1. The van der Waals surface area contributed by atoms with Crippen molar-refractivity contribution in [2.45, 2.75) is 6.92 Å². The van der Waals surface area contributed by atoms with Gasteiger partial charge in [0.15, 0.2) is 5.13 Å². The number of aromatic hydroxyl groups is 1. The quantitative estimate of drug-likeness (QED) is 0.650. The standard InChI is InChI=1S/C20H17N3O2S/c1-2-25-15-9-7-14(8-10-15)22-20-23-19(24)18(26-20)11-13-12-21-17-6-4-3-5-16(13)17/h3-12,24H,2H2,1H3,(H,22,23)/b13-11-. The van der Waals surface area contributed by atoms with Crippen molar-refractivity contribution in [3.63, 3.8) is 0 Å². The zero-order chi connectivity index (χ0) is 17.9. The van der Waals surface area contributed by atoms with E-state index < -0.39 is 0 Å². The lowest BCUT2D eigenvalue weighted by Crippen LogP contribution is -1.92. The molecule has 0 radical (unpaired) electrons. The van der Waals surface area contributed by atoms with Crippen molar-refractivity contribution in [2.24, 2.45) is 4.99 Å². The van der Waals surface area contributed by atoms with E-state index in [1.807, 2.05) is 67.7 Å². The number of para-hydroxylation sites is 1. The molecule has 2 aromatic carbocycles. The molecule has 0 unspecified atom stereocenters. The summed E-state index contributed by atoms with van der Waals surface area (Å²) >= 11 is 1.39. The number of nitrogens with zero attached hydrogens (tertiary/aromatic N) is 2. The lowest BCUT2D eigenvalue weighted by Gasteiger charge is -2.05. The molecule has 0 amide bonds. The average molecular weight is 363 g/mol. The number of anilines is 2. The van der Waals surface area contributed by atoms with Gasteiger partial charge in [0.25, 0.3) is 0 Å². The molecule has 0 saturated heterocycles. The van der Waals surface area contributed by atoms with Gasteiger partial charge in [-0.2, -0.15) is 4.98 Å². The largest absolute Gasteiger partial charge is 0.494 e. The molecule has 5 nitrogen and oxygen atoms in total. The monoisotopic (exact) mass is 363 g/mol. The van der Waals surface area contributed by atoms with Crippen molar-refractivity contribution in [2.75, 3.05) is 11.9 Å². The van der Waals surface area contributed by atoms with Crippen molar-refractivity contribution in [1.29, 1.82) is 0 Å². The summed E-state index contributed by atoms with van der Waals surface area (Å²) in [5, 5.41) is 14.0. The minimum atomic E-state index is 0.00807. The maximum atomic E-state index is 10.2. The van der Waals surface area contributed by atoms with Crippen molar-refractivity contribution in [3.8, 4) is 11.6 Å². The van der Waals surface area contributed by atoms with Crippen LogP contribution >= 0.6 is 11.3 Å². The fourth-order valence-corrected chi connectivity index (χ4v) is 3.52. The van der Waals surface area contributed by atoms with E-state index in [-0.39, 0.29) is 5.88 Å². The molecule has 0 aliphatic carbocycles. The normalized spacial score (nSPS) is 13.8. The summed E-state index contributed by atoms with van der Waals surface area (Å²) < 4.78 is 5.44. The molecule has 3 aromatic rings. The van der Waals surface area contributed by atoms with E-state index in [2.05, 4.69) is 15.3 Å². The second-order valence-corrected chi connectivity index (χ2v) is 6.69. The van der Waals surface area contributed by atoms with Crippen LogP contribution in [0.5, 0.6) is 11.6 Å². The number of benzene rings is 2. The lowest BCUT2D eigenvalue weighted by molar-refractivity contribution is 0.340. The summed E-state index contributed by atoms with van der Waals surface area (Å²) in [4.78, 5) is 9.28. The van der Waals surface area contributed by atoms with E-state index in [4.69, 9.17) is 4.74 Å². The highest BCUT2D eigenvalue weighted by Gasteiger charge is 2.14. The van der Waals surface area contributed by atoms with Gasteiger partial charge in [-0.1, -0.05) is 29.5 Å². The van der Waals surface area contributed by atoms with Crippen molar-refractivity contribution in [3.05, 3.63) is 59.0 Å². The first-order valence-electron chi connectivity index (χ1n) is 8.28. The first-order valence-corrected chi connectivity index (χ1v) is 9.09. The summed E-state index contributed by atoms with van der Waals surface area (Å²) in [7, 11) is 0. The van der Waals surface area contributed by atoms with Gasteiger partial charge >= 0.3 is 0 Å². The third-order valence-electron chi connectivity index (χ3n) is 3.90. The summed E-state index contributed by atoms with van der Waals surface area (Å²) in [5.41, 5.74) is 3.85. The Labute approximate surface area is 155 Å². The number of ether oxygens (including phenoxy) is 1. The highest BCUT2D eigenvalue weighted by molar-refractivity contribution is 7.16. The molecule has 0 spiro atoms. The molecule has 0 fully saturated rings. The van der Waals surface area contributed by atoms with Crippen LogP contribution in [-0.2, 0) is 0 Å². The topological polar surface area (TPSA) is 66.7 Å². The highest BCUT2D eigenvalue weighted by atomic mass is 32.1. The van der Waals surface area contributed by atoms with Crippen LogP contribution in [0.3, 0.4) is 0 Å². The Morgan fingerprint density at radius 2 is 1.96 bits per heavy atom. The molecule has 2 N–H and O–H groups in total. The third-order valence-corrected chi connectivity index (χ3v) is 4.80. The van der Waals surface area contributed by atoms with Gasteiger partial charge < -0.3 is 15.2 Å². The van der Waals surface area contributed by atoms with Crippen LogP contribution in [0.15, 0.2) is 53.5 Å². The zero-order valence-corrected chi connectivity index (χ0v) is 15.0. The molecule has 0 atom stereocenters. The van der Waals surface area contributed by atoms with Crippen LogP contribution in [-0.4, -0.2) is 22.9 Å². The zero-order valence-electron chi connectivity index (χ0n) is 14.1. The molecule has 2 heterocycles. The number of nitrogens with one attached hydrogen (secondary N) is 1. The Balaban J connectivity index is 1.55. The van der Waals surface area contributed by atoms with E-state index in [1.165, 1.54) is 11.3 Å². The number of aromatic nitrogens is 1. The predicted molar refractivity (Wildman–Crippen MR) is 107 cm³/mol. The van der Waals surface area contributed by atoms with Crippen molar-refractivity contribution < 1.29 is 9.84 Å². The molecular weight excluding hydrogens is 346 g/mol. The Morgan fingerprint density at radius 3 is 2.77 bits per heavy atom. The summed E-state index contributed by atoms with van der Waals surface area (Å²) in [5.74, 6) is 0.832. The van der Waals surface area contributed by atoms with E-state index in [1.54, 1.807) is 0 Å². The summed E-state index contributed by atoms with van der Waals surface area (Å²) in [6.07, 6.45) is 3.72. The second kappa shape index (κ2) is 7.01. The van der Waals surface area contributed by atoms with Gasteiger partial charge in [0.1, 0.15) is 5.75 Å². The second-order valence-electron chi connectivity index (χ2n) is 5.66. The average Bonchev–Trinajstić information content (AvgIpc) is 3.21. The number of hydrogen-bond acceptors (Lipinski definition) is 6. The molecular formula is C20H17N3O2S. The van der Waals surface area contributed by atoms with Gasteiger partial charge in [-0.05, 0) is 43.3 Å². The van der Waals surface area contributed by atoms with E-state index in [9.17, 15) is 5.11 Å². The molecule has 130 valence electrons. The minimum Gasteiger partial charge on any atom is -0.494 e. The predicted octanol–water partition coefficient (Wildman–Crippen LogP) is 5.25. The number of allylic oxidation sites excluding steroid dienone is 1. The smallest absolute Gasteiger partial charge is 0.231 e. The first kappa shape index (κ1) is 16.4. The maximum Gasteiger partial charge on any atom is 0.231 e. The van der Waals surface area contributed by atoms with Gasteiger partial charge in [0.05, 0.1) is 17.2 Å². The molecule has 26 heavy (non-hydrogen) atoms. The van der Waals surface area contributed by atoms with Crippen LogP contribution in [0.1, 0.15) is 17.4 Å². The third kappa shape index (κ3) is 3.32. The molecule has 6 heteroatoms. The number of fused-ring (bicyclic) bond motifs is 1. The van der Waals surface area contributed by atoms with Crippen LogP contribution in [0.25, 0.3) is 11.6 Å². The Kier molecular flexibility index (Phi) is 4.41. The molecule has 1 aliphatic heterocycles. The SMILES string of the molecule is CCOc1ccc(Nc2nc(O)c(/C=C3/C=Nc4ccccc43)s2)cc1. The maximum absolute atomic E-state index is 10.2. The molecule has 1 aliphatic rings. The van der Waals surface area contributed by atoms with Gasteiger partial charge in [-0.3, -0.25) is 4.99 Å². The number of hydrogen-bond donors (Lipinski definition) is 2. The van der Waals surface area contributed by atoms with Crippen LogP contribution in [0.4, 0.5) is 16.5 Å². The van der Waals surface area contributed by atoms with Crippen LogP contribution < -0.4 is 10.1 Å². The fourth-order valence-electron chi connectivity index (χ4n) is 2.69. The van der Waals surface area contributed by atoms with E-state index >= 15 is 0 Å². The van der Waals surface area contributed by atoms with Crippen LogP contribution in [0.2, 0.25) is 0 Å². The molecule has 0 saturated carbocycles. The summed E-state index contributed by atoms with van der Waals surface area (Å²) in [6, 6.07) is 15.6. The van der Waals surface area contributed by atoms with Gasteiger partial charge in [-0.15, -0.1) is 0 Å². The Bertz CT molecular complexity index is 991. The van der Waals surface area contributed by atoms with Gasteiger partial charge in [0.2, 0.25) is 5.88 Å². The number of thiazole rings is 1. The Morgan fingerprint density at radius 1 is 1.15 bits per heavy atom. The van der Waals surface area contributed by atoms with E-state index in [0.717, 1.165) is 28.3 Å². The minimum absolute atomic E-state index is 0.00807. The molecule has 4 rings (SSSR count). The van der Waals surface area contributed by atoms with Gasteiger partial charge in [0, 0.05) is 23.0 Å². The Hall–Kier alpha value is -3.12. The number of rotatable bonds is 5. The van der Waals surface area contributed by atoms with Gasteiger partial charge in [-0.25, -0.2) is 0 Å². The highest BCUT2D eigenvalue weighted by Crippen LogP contribution is 2.37. The fraction of sp³-hybridized carbons (Fsp3) is 0.100. The molecule has 1 aromatic heterocycles. The first-order chi connectivity index (χ1) is 12.7.